The van der Waals surface area contributed by atoms with E-state index >= 15 is 0 Å². The molecule has 0 bridgehead atoms. The molecule has 0 unspecified atom stereocenters. The fourth-order valence-corrected chi connectivity index (χ4v) is 0.799. The van der Waals surface area contributed by atoms with E-state index in [1.54, 1.807) is 6.07 Å². The second kappa shape index (κ2) is 8.22. The van der Waals surface area contributed by atoms with Gasteiger partial charge >= 0.3 is 0 Å². The summed E-state index contributed by atoms with van der Waals surface area (Å²) in [7, 11) is 0. The third kappa shape index (κ3) is 5.36. The standard InChI is InChI=1S/C7H10N4O2.2ClH/c8-3-4-9-7-2-1-6(5-10-7)11(12)13;;/h1-2,5H,3-4,8H2,(H,9,10);2*1H. The number of nitro groups is 1. The van der Waals surface area contributed by atoms with Crippen LogP contribution in [0.5, 0.6) is 0 Å². The molecular weight excluding hydrogens is 243 g/mol. The Labute approximate surface area is 99.2 Å². The fraction of sp³-hybridized carbons (Fsp3) is 0.286. The van der Waals surface area contributed by atoms with Crippen molar-refractivity contribution in [1.29, 1.82) is 0 Å². The average Bonchev–Trinajstić information content (AvgIpc) is 2.15. The molecule has 0 atom stereocenters. The van der Waals surface area contributed by atoms with Gasteiger partial charge in [0.1, 0.15) is 12.0 Å². The molecule has 86 valence electrons. The van der Waals surface area contributed by atoms with Crippen LogP contribution in [-0.4, -0.2) is 23.0 Å². The highest BCUT2D eigenvalue weighted by molar-refractivity contribution is 5.85. The molecule has 0 fully saturated rings. The number of halogens is 2. The van der Waals surface area contributed by atoms with Crippen LogP contribution in [0.2, 0.25) is 0 Å². The maximum atomic E-state index is 10.3. The minimum atomic E-state index is -0.486. The monoisotopic (exact) mass is 254 g/mol. The first-order valence-electron chi connectivity index (χ1n) is 3.78. The SMILES string of the molecule is Cl.Cl.NCCNc1ccc([N+](=O)[O-])cn1. The maximum Gasteiger partial charge on any atom is 0.287 e. The summed E-state index contributed by atoms with van der Waals surface area (Å²) in [6.07, 6.45) is 1.21. The number of nitrogens with one attached hydrogen (secondary N) is 1. The molecule has 1 aromatic heterocycles. The van der Waals surface area contributed by atoms with Crippen molar-refractivity contribution in [3.05, 3.63) is 28.4 Å². The lowest BCUT2D eigenvalue weighted by Crippen LogP contribution is -2.13. The first-order chi connectivity index (χ1) is 6.24. The molecule has 0 aromatic carbocycles. The van der Waals surface area contributed by atoms with Gasteiger partial charge in [0.15, 0.2) is 0 Å². The molecule has 0 saturated carbocycles. The van der Waals surface area contributed by atoms with Crippen LogP contribution in [0, 0.1) is 10.1 Å². The van der Waals surface area contributed by atoms with Crippen LogP contribution in [-0.2, 0) is 0 Å². The Morgan fingerprint density at radius 3 is 2.53 bits per heavy atom. The fourth-order valence-electron chi connectivity index (χ4n) is 0.799. The van der Waals surface area contributed by atoms with E-state index in [-0.39, 0.29) is 30.5 Å². The molecule has 0 amide bonds. The van der Waals surface area contributed by atoms with Crippen molar-refractivity contribution in [3.8, 4) is 0 Å². The molecule has 0 spiro atoms. The van der Waals surface area contributed by atoms with Crippen molar-refractivity contribution < 1.29 is 4.92 Å². The summed E-state index contributed by atoms with van der Waals surface area (Å²) >= 11 is 0. The van der Waals surface area contributed by atoms with E-state index in [4.69, 9.17) is 5.73 Å². The number of nitrogens with zero attached hydrogens (tertiary/aromatic N) is 2. The normalized spacial score (nSPS) is 8.33. The number of hydrogen-bond donors (Lipinski definition) is 2. The van der Waals surface area contributed by atoms with Gasteiger partial charge in [-0.05, 0) is 6.07 Å². The van der Waals surface area contributed by atoms with Crippen molar-refractivity contribution in [2.75, 3.05) is 18.4 Å². The Kier molecular flexibility index (Phi) is 8.94. The van der Waals surface area contributed by atoms with E-state index in [9.17, 15) is 10.1 Å². The molecule has 1 rings (SSSR count). The Morgan fingerprint density at radius 1 is 1.47 bits per heavy atom. The smallest absolute Gasteiger partial charge is 0.287 e. The second-order valence-electron chi connectivity index (χ2n) is 2.37. The molecule has 0 aliphatic heterocycles. The summed E-state index contributed by atoms with van der Waals surface area (Å²) in [5.74, 6) is 0.594. The Bertz CT molecular complexity index is 294. The van der Waals surface area contributed by atoms with E-state index in [0.717, 1.165) is 0 Å². The number of aromatic nitrogens is 1. The predicted molar refractivity (Wildman–Crippen MR) is 62.9 cm³/mol. The highest BCUT2D eigenvalue weighted by Gasteiger charge is 2.03. The van der Waals surface area contributed by atoms with E-state index in [0.29, 0.717) is 18.9 Å². The first-order valence-corrected chi connectivity index (χ1v) is 3.78. The molecule has 0 radical (unpaired) electrons. The highest BCUT2D eigenvalue weighted by atomic mass is 35.5. The third-order valence-corrected chi connectivity index (χ3v) is 1.41. The molecular formula is C7H12Cl2N4O2. The summed E-state index contributed by atoms with van der Waals surface area (Å²) in [6, 6.07) is 2.94. The Morgan fingerprint density at radius 2 is 2.13 bits per heavy atom. The molecule has 8 heteroatoms. The van der Waals surface area contributed by atoms with Crippen LogP contribution in [0.15, 0.2) is 18.3 Å². The topological polar surface area (TPSA) is 94.1 Å². The largest absolute Gasteiger partial charge is 0.369 e. The molecule has 15 heavy (non-hydrogen) atoms. The van der Waals surface area contributed by atoms with Crippen molar-refractivity contribution >= 4 is 36.3 Å². The van der Waals surface area contributed by atoms with Gasteiger partial charge in [-0.15, -0.1) is 24.8 Å². The van der Waals surface area contributed by atoms with Crippen molar-refractivity contribution in [3.63, 3.8) is 0 Å². The van der Waals surface area contributed by atoms with E-state index in [2.05, 4.69) is 10.3 Å². The van der Waals surface area contributed by atoms with Gasteiger partial charge in [0.2, 0.25) is 0 Å². The van der Waals surface area contributed by atoms with Gasteiger partial charge in [-0.3, -0.25) is 10.1 Å². The van der Waals surface area contributed by atoms with Crippen molar-refractivity contribution in [1.82, 2.24) is 4.98 Å². The number of anilines is 1. The zero-order valence-corrected chi connectivity index (χ0v) is 9.38. The van der Waals surface area contributed by atoms with E-state index < -0.39 is 4.92 Å². The summed E-state index contributed by atoms with van der Waals surface area (Å²) in [4.78, 5) is 13.6. The quantitative estimate of drug-likeness (QED) is 0.622. The van der Waals surface area contributed by atoms with Crippen LogP contribution in [0.25, 0.3) is 0 Å². The molecule has 3 N–H and O–H groups in total. The van der Waals surface area contributed by atoms with Gasteiger partial charge in [-0.25, -0.2) is 4.98 Å². The minimum absolute atomic E-state index is 0. The lowest BCUT2D eigenvalue weighted by molar-refractivity contribution is -0.385. The number of hydrogen-bond acceptors (Lipinski definition) is 5. The van der Waals surface area contributed by atoms with Crippen LogP contribution >= 0.6 is 24.8 Å². The predicted octanol–water partition coefficient (Wildman–Crippen LogP) is 1.20. The zero-order valence-electron chi connectivity index (χ0n) is 7.75. The summed E-state index contributed by atoms with van der Waals surface area (Å²) in [6.45, 7) is 1.10. The lowest BCUT2D eigenvalue weighted by Gasteiger charge is -2.01. The van der Waals surface area contributed by atoms with E-state index in [1.165, 1.54) is 12.3 Å². The summed E-state index contributed by atoms with van der Waals surface area (Å²) in [5, 5.41) is 13.2. The van der Waals surface area contributed by atoms with Crippen LogP contribution in [0.1, 0.15) is 0 Å². The number of pyridine rings is 1. The van der Waals surface area contributed by atoms with Gasteiger partial charge < -0.3 is 11.1 Å². The summed E-state index contributed by atoms with van der Waals surface area (Å²) < 4.78 is 0. The molecule has 0 aliphatic carbocycles. The van der Waals surface area contributed by atoms with Gasteiger partial charge in [0.05, 0.1) is 4.92 Å². The Balaban J connectivity index is 0. The highest BCUT2D eigenvalue weighted by Crippen LogP contribution is 2.10. The lowest BCUT2D eigenvalue weighted by atomic mass is 10.4. The molecule has 0 aliphatic rings. The van der Waals surface area contributed by atoms with Crippen molar-refractivity contribution in [2.45, 2.75) is 0 Å². The second-order valence-corrected chi connectivity index (χ2v) is 2.37. The van der Waals surface area contributed by atoms with Crippen molar-refractivity contribution in [2.24, 2.45) is 5.73 Å². The minimum Gasteiger partial charge on any atom is -0.369 e. The van der Waals surface area contributed by atoms with Crippen LogP contribution in [0.3, 0.4) is 0 Å². The van der Waals surface area contributed by atoms with E-state index in [1.807, 2.05) is 0 Å². The molecule has 1 aromatic rings. The Hall–Kier alpha value is -1.11. The molecule has 1 heterocycles. The molecule has 0 saturated heterocycles. The van der Waals surface area contributed by atoms with Gasteiger partial charge in [0, 0.05) is 19.2 Å². The number of nitrogens with two attached hydrogens (primary N) is 1. The van der Waals surface area contributed by atoms with Gasteiger partial charge in [0.25, 0.3) is 5.69 Å². The first kappa shape index (κ1) is 16.3. The third-order valence-electron chi connectivity index (χ3n) is 1.41. The molecule has 6 nitrogen and oxygen atoms in total. The zero-order chi connectivity index (χ0) is 9.68. The summed E-state index contributed by atoms with van der Waals surface area (Å²) in [5.41, 5.74) is 5.24. The van der Waals surface area contributed by atoms with Crippen LogP contribution < -0.4 is 11.1 Å². The van der Waals surface area contributed by atoms with Gasteiger partial charge in [-0.2, -0.15) is 0 Å². The maximum absolute atomic E-state index is 10.3. The van der Waals surface area contributed by atoms with Crippen LogP contribution in [0.4, 0.5) is 11.5 Å². The average molecular weight is 255 g/mol. The van der Waals surface area contributed by atoms with Gasteiger partial charge in [-0.1, -0.05) is 0 Å². The number of rotatable bonds is 4.